The quantitative estimate of drug-likeness (QED) is 0.657. The number of methoxy groups -OCH3 is 1. The van der Waals surface area contributed by atoms with Crippen LogP contribution in [0.15, 0.2) is 48.5 Å². The van der Waals surface area contributed by atoms with Crippen molar-refractivity contribution in [1.29, 1.82) is 0 Å². The van der Waals surface area contributed by atoms with E-state index in [1.165, 1.54) is 16.5 Å². The van der Waals surface area contributed by atoms with E-state index in [0.29, 0.717) is 17.3 Å². The average molecular weight is 391 g/mol. The van der Waals surface area contributed by atoms with Crippen LogP contribution in [0.4, 0.5) is 10.1 Å². The van der Waals surface area contributed by atoms with E-state index in [1.54, 1.807) is 25.3 Å². The van der Waals surface area contributed by atoms with Crippen LogP contribution in [-0.2, 0) is 4.74 Å². The lowest BCUT2D eigenvalue weighted by Crippen LogP contribution is -3.15. The van der Waals surface area contributed by atoms with Crippen LogP contribution in [0.2, 0.25) is 0 Å². The lowest BCUT2D eigenvalue weighted by Gasteiger charge is -2.32. The summed E-state index contributed by atoms with van der Waals surface area (Å²) in [6, 6.07) is 14.8. The lowest BCUT2D eigenvalue weighted by atomic mass is 10.0. The van der Waals surface area contributed by atoms with Gasteiger partial charge in [-0.1, -0.05) is 12.1 Å². The van der Waals surface area contributed by atoms with E-state index in [2.05, 4.69) is 22.8 Å². The number of halogens is 1. The molecule has 0 aliphatic carbocycles. The highest BCUT2D eigenvalue weighted by Gasteiger charge is 2.26. The molecule has 1 aliphatic heterocycles. The molecular formula is C20H25FN3O2S+. The maximum absolute atomic E-state index is 13.8. The molecular weight excluding hydrogens is 365 g/mol. The third-order valence-corrected chi connectivity index (χ3v) is 4.98. The van der Waals surface area contributed by atoms with Crippen molar-refractivity contribution in [3.05, 3.63) is 59.9 Å². The second kappa shape index (κ2) is 9.64. The van der Waals surface area contributed by atoms with Crippen LogP contribution in [0.25, 0.3) is 0 Å². The van der Waals surface area contributed by atoms with Crippen LogP contribution < -0.4 is 20.3 Å². The first-order valence-electron chi connectivity index (χ1n) is 9.03. The Labute approximate surface area is 164 Å². The lowest BCUT2D eigenvalue weighted by molar-refractivity contribution is -0.937. The summed E-state index contributed by atoms with van der Waals surface area (Å²) in [5.41, 5.74) is 1.57. The van der Waals surface area contributed by atoms with Crippen molar-refractivity contribution in [3.8, 4) is 5.75 Å². The maximum atomic E-state index is 13.8. The highest BCUT2D eigenvalue weighted by Crippen LogP contribution is 2.16. The molecule has 0 aromatic heterocycles. The smallest absolute Gasteiger partial charge is 0.171 e. The van der Waals surface area contributed by atoms with Gasteiger partial charge in [0.05, 0.1) is 32.6 Å². The minimum absolute atomic E-state index is 0.208. The number of morpholine rings is 1. The van der Waals surface area contributed by atoms with E-state index < -0.39 is 0 Å². The molecule has 27 heavy (non-hydrogen) atoms. The molecule has 0 spiro atoms. The summed E-state index contributed by atoms with van der Waals surface area (Å²) in [6.07, 6.45) is 0. The summed E-state index contributed by atoms with van der Waals surface area (Å²) in [5.74, 6) is 0.506. The van der Waals surface area contributed by atoms with Gasteiger partial charge in [-0.2, -0.15) is 0 Å². The second-order valence-electron chi connectivity index (χ2n) is 6.41. The molecule has 3 rings (SSSR count). The zero-order valence-corrected chi connectivity index (χ0v) is 16.2. The Morgan fingerprint density at radius 2 is 1.89 bits per heavy atom. The first-order valence-corrected chi connectivity index (χ1v) is 9.44. The minimum Gasteiger partial charge on any atom is -0.497 e. The number of hydrogen-bond donors (Lipinski definition) is 3. The van der Waals surface area contributed by atoms with Gasteiger partial charge in [-0.05, 0) is 48.6 Å². The second-order valence-corrected chi connectivity index (χ2v) is 6.82. The molecule has 2 aromatic carbocycles. The van der Waals surface area contributed by atoms with Crippen molar-refractivity contribution >= 4 is 23.0 Å². The van der Waals surface area contributed by atoms with E-state index in [0.717, 1.165) is 32.1 Å². The largest absolute Gasteiger partial charge is 0.497 e. The molecule has 7 heteroatoms. The van der Waals surface area contributed by atoms with E-state index in [9.17, 15) is 4.39 Å². The van der Waals surface area contributed by atoms with Gasteiger partial charge in [-0.15, -0.1) is 0 Å². The Morgan fingerprint density at radius 1 is 1.19 bits per heavy atom. The monoisotopic (exact) mass is 390 g/mol. The fourth-order valence-electron chi connectivity index (χ4n) is 3.24. The summed E-state index contributed by atoms with van der Waals surface area (Å²) in [4.78, 5) is 1.44. The standard InChI is InChI=1S/C20H24FN3O2S/c1-25-16-8-6-15(7-9-16)19(24-10-12-26-13-11-24)14-22-20(27)23-18-5-3-2-4-17(18)21/h2-9,19H,10-14H2,1H3,(H2,22,23,27)/p+1/t19-/m1/s1. The molecule has 1 atom stereocenters. The Kier molecular flexibility index (Phi) is 6.98. The summed E-state index contributed by atoms with van der Waals surface area (Å²) < 4.78 is 24.6. The molecule has 0 radical (unpaired) electrons. The van der Waals surface area contributed by atoms with Crippen LogP contribution in [0.1, 0.15) is 11.6 Å². The maximum Gasteiger partial charge on any atom is 0.171 e. The third kappa shape index (κ3) is 5.38. The van der Waals surface area contributed by atoms with Crippen LogP contribution in [0.5, 0.6) is 5.75 Å². The number of anilines is 1. The number of para-hydroxylation sites is 1. The molecule has 1 aliphatic rings. The molecule has 3 N–H and O–H groups in total. The van der Waals surface area contributed by atoms with E-state index in [1.807, 2.05) is 12.1 Å². The molecule has 2 aromatic rings. The average Bonchev–Trinajstić information content (AvgIpc) is 2.71. The van der Waals surface area contributed by atoms with Crippen LogP contribution >= 0.6 is 12.2 Å². The highest BCUT2D eigenvalue weighted by molar-refractivity contribution is 7.80. The van der Waals surface area contributed by atoms with Gasteiger partial charge in [0.2, 0.25) is 0 Å². The Bertz CT molecular complexity index is 751. The summed E-state index contributed by atoms with van der Waals surface area (Å²) >= 11 is 5.36. The Hall–Kier alpha value is -2.22. The van der Waals surface area contributed by atoms with Gasteiger partial charge >= 0.3 is 0 Å². The predicted octanol–water partition coefficient (Wildman–Crippen LogP) is 1.78. The van der Waals surface area contributed by atoms with Gasteiger partial charge in [-0.3, -0.25) is 0 Å². The molecule has 1 fully saturated rings. The number of quaternary nitrogens is 1. The molecule has 0 amide bonds. The summed E-state index contributed by atoms with van der Waals surface area (Å²) in [6.45, 7) is 4.01. The number of hydrogen-bond acceptors (Lipinski definition) is 3. The molecule has 0 saturated carbocycles. The van der Waals surface area contributed by atoms with Crippen molar-refractivity contribution in [3.63, 3.8) is 0 Å². The normalized spacial score (nSPS) is 15.8. The van der Waals surface area contributed by atoms with Crippen LogP contribution in [0, 0.1) is 5.82 Å². The third-order valence-electron chi connectivity index (χ3n) is 4.73. The molecule has 0 bridgehead atoms. The zero-order valence-electron chi connectivity index (χ0n) is 15.3. The zero-order chi connectivity index (χ0) is 19.1. The van der Waals surface area contributed by atoms with Crippen molar-refractivity contribution in [2.75, 3.05) is 45.3 Å². The van der Waals surface area contributed by atoms with E-state index in [4.69, 9.17) is 21.7 Å². The van der Waals surface area contributed by atoms with Gasteiger partial charge in [0.15, 0.2) is 5.11 Å². The first kappa shape index (κ1) is 19.5. The predicted molar refractivity (Wildman–Crippen MR) is 108 cm³/mol. The van der Waals surface area contributed by atoms with Gasteiger partial charge in [0.25, 0.3) is 0 Å². The number of thiocarbonyl (C=S) groups is 1. The topological polar surface area (TPSA) is 47.0 Å². The fraction of sp³-hybridized carbons (Fsp3) is 0.350. The van der Waals surface area contributed by atoms with Gasteiger partial charge in [0.1, 0.15) is 30.7 Å². The minimum atomic E-state index is -0.327. The first-order chi connectivity index (χ1) is 13.2. The number of nitrogens with one attached hydrogen (secondary N) is 3. The van der Waals surface area contributed by atoms with Crippen molar-refractivity contribution in [2.24, 2.45) is 0 Å². The molecule has 144 valence electrons. The molecule has 1 saturated heterocycles. The van der Waals surface area contributed by atoms with Crippen LogP contribution in [-0.4, -0.2) is 45.1 Å². The van der Waals surface area contributed by atoms with Crippen molar-refractivity contribution in [2.45, 2.75) is 6.04 Å². The Morgan fingerprint density at radius 3 is 2.56 bits per heavy atom. The Balaban J connectivity index is 1.67. The van der Waals surface area contributed by atoms with E-state index in [-0.39, 0.29) is 11.9 Å². The molecule has 0 unspecified atom stereocenters. The van der Waals surface area contributed by atoms with Gasteiger partial charge < -0.3 is 25.0 Å². The highest BCUT2D eigenvalue weighted by atomic mass is 32.1. The fourth-order valence-corrected chi connectivity index (χ4v) is 3.43. The SMILES string of the molecule is COc1ccc([C@@H](CNC(=S)Nc2ccccc2F)[NH+]2CCOCC2)cc1. The van der Waals surface area contributed by atoms with Gasteiger partial charge in [0, 0.05) is 5.56 Å². The number of ether oxygens (including phenoxy) is 2. The number of benzene rings is 2. The summed E-state index contributed by atoms with van der Waals surface area (Å²) in [7, 11) is 1.66. The molecule has 1 heterocycles. The number of rotatable bonds is 6. The summed E-state index contributed by atoms with van der Waals surface area (Å²) in [5, 5.41) is 6.58. The van der Waals surface area contributed by atoms with Gasteiger partial charge in [-0.25, -0.2) is 4.39 Å². The molecule has 5 nitrogen and oxygen atoms in total. The van der Waals surface area contributed by atoms with E-state index >= 15 is 0 Å². The van der Waals surface area contributed by atoms with Crippen molar-refractivity contribution in [1.82, 2.24) is 5.32 Å². The van der Waals surface area contributed by atoms with Crippen molar-refractivity contribution < 1.29 is 18.8 Å². The van der Waals surface area contributed by atoms with Crippen LogP contribution in [0.3, 0.4) is 0 Å².